The minimum atomic E-state index is 0.261. The molecule has 1 aliphatic carbocycles. The van der Waals surface area contributed by atoms with Crippen LogP contribution in [-0.2, 0) is 0 Å². The summed E-state index contributed by atoms with van der Waals surface area (Å²) < 4.78 is 0. The van der Waals surface area contributed by atoms with E-state index >= 15 is 0 Å². The zero-order valence-electron chi connectivity index (χ0n) is 10.1. The van der Waals surface area contributed by atoms with Gasteiger partial charge in [-0.15, -0.1) is 0 Å². The Bertz CT molecular complexity index is 367. The highest BCUT2D eigenvalue weighted by Crippen LogP contribution is 2.20. The van der Waals surface area contributed by atoms with Gasteiger partial charge in [-0.1, -0.05) is 29.8 Å². The quantitative estimate of drug-likeness (QED) is 0.786. The van der Waals surface area contributed by atoms with Crippen LogP contribution in [0.1, 0.15) is 12.0 Å². The maximum absolute atomic E-state index is 5.85. The molecule has 0 radical (unpaired) electrons. The van der Waals surface area contributed by atoms with E-state index in [-0.39, 0.29) is 6.04 Å². The first kappa shape index (κ1) is 11.2. The van der Waals surface area contributed by atoms with E-state index in [1.807, 2.05) is 0 Å². The van der Waals surface area contributed by atoms with Gasteiger partial charge in [0.05, 0.1) is 0 Å². The van der Waals surface area contributed by atoms with Gasteiger partial charge in [0.2, 0.25) is 0 Å². The second-order valence-electron chi connectivity index (χ2n) is 4.76. The molecule has 2 nitrogen and oxygen atoms in total. The SMILES string of the molecule is Cc1ccc(N(C)CC2C=CC(N)C2)cc1. The molecule has 1 aliphatic rings. The second-order valence-corrected chi connectivity index (χ2v) is 4.76. The summed E-state index contributed by atoms with van der Waals surface area (Å²) in [6.07, 6.45) is 5.44. The molecule has 2 N–H and O–H groups in total. The summed E-state index contributed by atoms with van der Waals surface area (Å²) >= 11 is 0. The van der Waals surface area contributed by atoms with Gasteiger partial charge in [0, 0.05) is 25.3 Å². The molecule has 0 saturated heterocycles. The summed E-state index contributed by atoms with van der Waals surface area (Å²) in [4.78, 5) is 2.30. The van der Waals surface area contributed by atoms with Crippen molar-refractivity contribution in [3.05, 3.63) is 42.0 Å². The molecular formula is C14H20N2. The molecule has 0 heterocycles. The van der Waals surface area contributed by atoms with Crippen LogP contribution in [0, 0.1) is 12.8 Å². The van der Waals surface area contributed by atoms with Crippen LogP contribution < -0.4 is 10.6 Å². The fraction of sp³-hybridized carbons (Fsp3) is 0.429. The number of hydrogen-bond acceptors (Lipinski definition) is 2. The molecule has 0 aromatic heterocycles. The number of rotatable bonds is 3. The van der Waals surface area contributed by atoms with Crippen molar-refractivity contribution in [2.45, 2.75) is 19.4 Å². The maximum atomic E-state index is 5.85. The summed E-state index contributed by atoms with van der Waals surface area (Å²) in [5, 5.41) is 0. The molecule has 86 valence electrons. The lowest BCUT2D eigenvalue weighted by atomic mass is 10.1. The molecule has 1 aromatic rings. The molecule has 2 unspecified atom stereocenters. The Morgan fingerprint density at radius 2 is 1.94 bits per heavy atom. The minimum absolute atomic E-state index is 0.261. The Hall–Kier alpha value is -1.28. The smallest absolute Gasteiger partial charge is 0.0363 e. The molecule has 2 rings (SSSR count). The van der Waals surface area contributed by atoms with E-state index in [4.69, 9.17) is 5.73 Å². The van der Waals surface area contributed by atoms with Crippen molar-refractivity contribution in [2.24, 2.45) is 11.7 Å². The van der Waals surface area contributed by atoms with Crippen molar-refractivity contribution < 1.29 is 0 Å². The standard InChI is InChI=1S/C14H20N2/c1-11-3-7-14(8-4-11)16(2)10-12-5-6-13(15)9-12/h3-8,12-13H,9-10,15H2,1-2H3. The predicted octanol–water partition coefficient (Wildman–Crippen LogP) is 2.33. The number of aryl methyl sites for hydroxylation is 1. The van der Waals surface area contributed by atoms with Crippen molar-refractivity contribution in [3.63, 3.8) is 0 Å². The molecule has 0 spiro atoms. The van der Waals surface area contributed by atoms with Gasteiger partial charge in [-0.05, 0) is 31.4 Å². The van der Waals surface area contributed by atoms with Crippen LogP contribution >= 0.6 is 0 Å². The van der Waals surface area contributed by atoms with E-state index in [1.165, 1.54) is 11.3 Å². The number of benzene rings is 1. The van der Waals surface area contributed by atoms with Crippen molar-refractivity contribution in [1.29, 1.82) is 0 Å². The first-order valence-electron chi connectivity index (χ1n) is 5.87. The summed E-state index contributed by atoms with van der Waals surface area (Å²) in [6, 6.07) is 8.92. The van der Waals surface area contributed by atoms with Crippen molar-refractivity contribution in [2.75, 3.05) is 18.5 Å². The van der Waals surface area contributed by atoms with Gasteiger partial charge < -0.3 is 10.6 Å². The highest BCUT2D eigenvalue weighted by Gasteiger charge is 2.17. The van der Waals surface area contributed by atoms with E-state index in [0.29, 0.717) is 5.92 Å². The molecule has 0 aliphatic heterocycles. The average molecular weight is 216 g/mol. The van der Waals surface area contributed by atoms with E-state index < -0.39 is 0 Å². The van der Waals surface area contributed by atoms with Crippen molar-refractivity contribution in [3.8, 4) is 0 Å². The van der Waals surface area contributed by atoms with E-state index in [2.05, 4.69) is 55.3 Å². The maximum Gasteiger partial charge on any atom is 0.0363 e. The highest BCUT2D eigenvalue weighted by atomic mass is 15.1. The Kier molecular flexibility index (Phi) is 3.30. The number of nitrogens with zero attached hydrogens (tertiary/aromatic N) is 1. The first-order chi connectivity index (χ1) is 7.65. The van der Waals surface area contributed by atoms with Crippen LogP contribution in [0.3, 0.4) is 0 Å². The largest absolute Gasteiger partial charge is 0.374 e. The Morgan fingerprint density at radius 1 is 1.25 bits per heavy atom. The van der Waals surface area contributed by atoms with Crippen molar-refractivity contribution in [1.82, 2.24) is 0 Å². The van der Waals surface area contributed by atoms with Gasteiger partial charge in [0.25, 0.3) is 0 Å². The Balaban J connectivity index is 1.95. The third kappa shape index (κ3) is 2.64. The zero-order chi connectivity index (χ0) is 11.5. The van der Waals surface area contributed by atoms with Gasteiger partial charge in [-0.25, -0.2) is 0 Å². The van der Waals surface area contributed by atoms with Gasteiger partial charge in [-0.3, -0.25) is 0 Å². The van der Waals surface area contributed by atoms with Gasteiger partial charge >= 0.3 is 0 Å². The van der Waals surface area contributed by atoms with Gasteiger partial charge in [-0.2, -0.15) is 0 Å². The lowest BCUT2D eigenvalue weighted by Crippen LogP contribution is -2.25. The van der Waals surface area contributed by atoms with Crippen LogP contribution in [0.15, 0.2) is 36.4 Å². The molecule has 1 aromatic carbocycles. The number of anilines is 1. The summed E-state index contributed by atoms with van der Waals surface area (Å²) in [6.45, 7) is 3.16. The summed E-state index contributed by atoms with van der Waals surface area (Å²) in [5.74, 6) is 0.598. The van der Waals surface area contributed by atoms with E-state index in [0.717, 1.165) is 13.0 Å². The number of nitrogens with two attached hydrogens (primary N) is 1. The predicted molar refractivity (Wildman–Crippen MR) is 69.7 cm³/mol. The average Bonchev–Trinajstić information content (AvgIpc) is 2.65. The monoisotopic (exact) mass is 216 g/mol. The third-order valence-electron chi connectivity index (χ3n) is 3.19. The first-order valence-corrected chi connectivity index (χ1v) is 5.87. The molecule has 16 heavy (non-hydrogen) atoms. The molecular weight excluding hydrogens is 196 g/mol. The second kappa shape index (κ2) is 4.71. The van der Waals surface area contributed by atoms with E-state index in [1.54, 1.807) is 0 Å². The fourth-order valence-corrected chi connectivity index (χ4v) is 2.20. The molecule has 0 saturated carbocycles. The van der Waals surface area contributed by atoms with Crippen LogP contribution in [0.25, 0.3) is 0 Å². The van der Waals surface area contributed by atoms with Crippen LogP contribution in [0.4, 0.5) is 5.69 Å². The van der Waals surface area contributed by atoms with E-state index in [9.17, 15) is 0 Å². The molecule has 0 amide bonds. The molecule has 2 atom stereocenters. The van der Waals surface area contributed by atoms with Crippen LogP contribution in [-0.4, -0.2) is 19.6 Å². The van der Waals surface area contributed by atoms with Crippen LogP contribution in [0.2, 0.25) is 0 Å². The zero-order valence-corrected chi connectivity index (χ0v) is 10.1. The van der Waals surface area contributed by atoms with Gasteiger partial charge in [0.15, 0.2) is 0 Å². The molecule has 2 heteroatoms. The van der Waals surface area contributed by atoms with Crippen molar-refractivity contribution >= 4 is 5.69 Å². The topological polar surface area (TPSA) is 29.3 Å². The summed E-state index contributed by atoms with van der Waals surface area (Å²) in [5.41, 5.74) is 8.44. The summed E-state index contributed by atoms with van der Waals surface area (Å²) in [7, 11) is 2.14. The lowest BCUT2D eigenvalue weighted by Gasteiger charge is -2.22. The molecule has 0 fully saturated rings. The Morgan fingerprint density at radius 3 is 2.50 bits per heavy atom. The van der Waals surface area contributed by atoms with Gasteiger partial charge in [0.1, 0.15) is 0 Å². The lowest BCUT2D eigenvalue weighted by molar-refractivity contribution is 0.586. The Labute approximate surface area is 97.8 Å². The third-order valence-corrected chi connectivity index (χ3v) is 3.19. The highest BCUT2D eigenvalue weighted by molar-refractivity contribution is 5.46. The fourth-order valence-electron chi connectivity index (χ4n) is 2.20. The minimum Gasteiger partial charge on any atom is -0.374 e. The normalized spacial score (nSPS) is 23.7. The van der Waals surface area contributed by atoms with Crippen LogP contribution in [0.5, 0.6) is 0 Å². The molecule has 0 bridgehead atoms. The number of hydrogen-bond donors (Lipinski definition) is 1.